The topological polar surface area (TPSA) is 20.2 Å². The predicted octanol–water partition coefficient (Wildman–Crippen LogP) is 1.81. The van der Waals surface area contributed by atoms with Crippen molar-refractivity contribution in [2.24, 2.45) is 0 Å². The molecule has 1 rings (SSSR count). The summed E-state index contributed by atoms with van der Waals surface area (Å²) in [5.41, 5.74) is 1.29. The van der Waals surface area contributed by atoms with E-state index >= 15 is 0 Å². The van der Waals surface area contributed by atoms with Crippen LogP contribution in [0.1, 0.15) is 19.8 Å². The molecule has 1 N–H and O–H groups in total. The average Bonchev–Trinajstić information content (AvgIpc) is 1.98. The van der Waals surface area contributed by atoms with E-state index in [9.17, 15) is 0 Å². The largest absolute Gasteiger partial charge is 0.388 e. The van der Waals surface area contributed by atoms with Gasteiger partial charge in [-0.3, -0.25) is 0 Å². The molecule has 0 fully saturated rings. The Morgan fingerprint density at radius 1 is 1.75 bits per heavy atom. The van der Waals surface area contributed by atoms with Crippen molar-refractivity contribution in [1.82, 2.24) is 0 Å². The van der Waals surface area contributed by atoms with E-state index in [0.717, 1.165) is 17.3 Å². The summed E-state index contributed by atoms with van der Waals surface area (Å²) in [6, 6.07) is 0. The van der Waals surface area contributed by atoms with Gasteiger partial charge in [0.05, 0.1) is 6.10 Å². The van der Waals surface area contributed by atoms with Gasteiger partial charge in [-0.05, 0) is 19.8 Å². The monoisotopic (exact) mass is 176 g/mol. The van der Waals surface area contributed by atoms with E-state index in [1.54, 1.807) is 0 Å². The standard InChI is InChI=1S/C6H9BrO/c1-4-2-3-5(8)6(4)7/h5,8H,2-3H2,1H3/t5-/m0/s1. The average molecular weight is 177 g/mol. The van der Waals surface area contributed by atoms with E-state index in [4.69, 9.17) is 5.11 Å². The predicted molar refractivity (Wildman–Crippen MR) is 36.9 cm³/mol. The Labute approximate surface area is 57.5 Å². The van der Waals surface area contributed by atoms with Gasteiger partial charge in [-0.1, -0.05) is 21.5 Å². The number of halogens is 1. The van der Waals surface area contributed by atoms with Gasteiger partial charge in [-0.15, -0.1) is 0 Å². The van der Waals surface area contributed by atoms with Crippen LogP contribution in [-0.2, 0) is 0 Å². The number of hydrogen-bond acceptors (Lipinski definition) is 1. The third-order valence-corrected chi connectivity index (χ3v) is 2.70. The van der Waals surface area contributed by atoms with Crippen LogP contribution in [0.15, 0.2) is 10.1 Å². The van der Waals surface area contributed by atoms with E-state index in [0.29, 0.717) is 0 Å². The Bertz CT molecular complexity index is 128. The van der Waals surface area contributed by atoms with Crippen molar-refractivity contribution < 1.29 is 5.11 Å². The molecule has 0 radical (unpaired) electrons. The van der Waals surface area contributed by atoms with Crippen LogP contribution in [0.3, 0.4) is 0 Å². The third kappa shape index (κ3) is 0.955. The highest BCUT2D eigenvalue weighted by molar-refractivity contribution is 9.11. The minimum atomic E-state index is -0.213. The fraction of sp³-hybridized carbons (Fsp3) is 0.667. The molecule has 0 aromatic rings. The van der Waals surface area contributed by atoms with Gasteiger partial charge in [0, 0.05) is 4.48 Å². The summed E-state index contributed by atoms with van der Waals surface area (Å²) in [6.07, 6.45) is 1.73. The van der Waals surface area contributed by atoms with E-state index in [2.05, 4.69) is 15.9 Å². The molecule has 46 valence electrons. The molecule has 2 heteroatoms. The van der Waals surface area contributed by atoms with Crippen molar-refractivity contribution in [3.05, 3.63) is 10.1 Å². The molecule has 1 atom stereocenters. The molecular formula is C6H9BrO. The van der Waals surface area contributed by atoms with Crippen LogP contribution in [0, 0.1) is 0 Å². The molecule has 0 aromatic heterocycles. The van der Waals surface area contributed by atoms with Crippen LogP contribution in [0.4, 0.5) is 0 Å². The first-order valence-corrected chi connectivity index (χ1v) is 3.54. The molecular weight excluding hydrogens is 168 g/mol. The lowest BCUT2D eigenvalue weighted by molar-refractivity contribution is 0.220. The summed E-state index contributed by atoms with van der Waals surface area (Å²) in [5, 5.41) is 9.06. The summed E-state index contributed by atoms with van der Waals surface area (Å²) in [6.45, 7) is 2.04. The molecule has 1 nitrogen and oxygen atoms in total. The van der Waals surface area contributed by atoms with Gasteiger partial charge in [0.2, 0.25) is 0 Å². The lowest BCUT2D eigenvalue weighted by Gasteiger charge is -1.97. The molecule has 0 aromatic carbocycles. The van der Waals surface area contributed by atoms with E-state index in [-0.39, 0.29) is 6.10 Å². The smallest absolute Gasteiger partial charge is 0.0857 e. The summed E-state index contributed by atoms with van der Waals surface area (Å²) < 4.78 is 0.998. The van der Waals surface area contributed by atoms with Crippen molar-refractivity contribution in [2.45, 2.75) is 25.9 Å². The van der Waals surface area contributed by atoms with E-state index < -0.39 is 0 Å². The van der Waals surface area contributed by atoms with Crippen LogP contribution in [0.2, 0.25) is 0 Å². The molecule has 0 unspecified atom stereocenters. The molecule has 0 aliphatic heterocycles. The first-order chi connectivity index (χ1) is 3.72. The van der Waals surface area contributed by atoms with Gasteiger partial charge in [-0.2, -0.15) is 0 Å². The highest BCUT2D eigenvalue weighted by atomic mass is 79.9. The summed E-state index contributed by atoms with van der Waals surface area (Å²) in [7, 11) is 0. The Kier molecular flexibility index (Phi) is 1.73. The molecule has 1 aliphatic carbocycles. The lowest BCUT2D eigenvalue weighted by Crippen LogP contribution is -1.98. The summed E-state index contributed by atoms with van der Waals surface area (Å²) in [4.78, 5) is 0. The molecule has 0 bridgehead atoms. The Morgan fingerprint density at radius 2 is 2.38 bits per heavy atom. The normalized spacial score (nSPS) is 29.6. The van der Waals surface area contributed by atoms with E-state index in [1.807, 2.05) is 6.92 Å². The first kappa shape index (κ1) is 6.30. The van der Waals surface area contributed by atoms with Crippen LogP contribution in [0.5, 0.6) is 0 Å². The molecule has 0 saturated heterocycles. The SMILES string of the molecule is CC1=C(Br)[C@@H](O)CC1. The quantitative estimate of drug-likeness (QED) is 0.598. The fourth-order valence-corrected chi connectivity index (χ4v) is 1.31. The van der Waals surface area contributed by atoms with Crippen LogP contribution in [-0.4, -0.2) is 11.2 Å². The van der Waals surface area contributed by atoms with Crippen molar-refractivity contribution in [2.75, 3.05) is 0 Å². The van der Waals surface area contributed by atoms with Crippen LogP contribution < -0.4 is 0 Å². The number of aliphatic hydroxyl groups is 1. The van der Waals surface area contributed by atoms with Gasteiger partial charge >= 0.3 is 0 Å². The molecule has 8 heavy (non-hydrogen) atoms. The van der Waals surface area contributed by atoms with E-state index in [1.165, 1.54) is 5.57 Å². The maximum absolute atomic E-state index is 9.06. The Morgan fingerprint density at radius 3 is 2.50 bits per heavy atom. The highest BCUT2D eigenvalue weighted by Crippen LogP contribution is 2.29. The molecule has 0 saturated carbocycles. The zero-order chi connectivity index (χ0) is 6.15. The van der Waals surface area contributed by atoms with Gasteiger partial charge in [-0.25, -0.2) is 0 Å². The number of aliphatic hydroxyl groups excluding tert-OH is 1. The van der Waals surface area contributed by atoms with Crippen molar-refractivity contribution >= 4 is 15.9 Å². The second kappa shape index (κ2) is 2.19. The Balaban J connectivity index is 2.71. The lowest BCUT2D eigenvalue weighted by atomic mass is 10.3. The van der Waals surface area contributed by atoms with Gasteiger partial charge in [0.25, 0.3) is 0 Å². The maximum Gasteiger partial charge on any atom is 0.0857 e. The second-order valence-corrected chi connectivity index (χ2v) is 3.04. The third-order valence-electron chi connectivity index (χ3n) is 1.49. The minimum Gasteiger partial charge on any atom is -0.388 e. The van der Waals surface area contributed by atoms with Gasteiger partial charge in [0.15, 0.2) is 0 Å². The zero-order valence-corrected chi connectivity index (χ0v) is 6.40. The van der Waals surface area contributed by atoms with Gasteiger partial charge in [0.1, 0.15) is 0 Å². The molecule has 0 spiro atoms. The first-order valence-electron chi connectivity index (χ1n) is 2.75. The maximum atomic E-state index is 9.06. The van der Waals surface area contributed by atoms with Crippen molar-refractivity contribution in [3.8, 4) is 0 Å². The fourth-order valence-electron chi connectivity index (χ4n) is 0.884. The molecule has 0 heterocycles. The summed E-state index contributed by atoms with van der Waals surface area (Å²) in [5.74, 6) is 0. The number of hydrogen-bond donors (Lipinski definition) is 1. The highest BCUT2D eigenvalue weighted by Gasteiger charge is 2.17. The zero-order valence-electron chi connectivity index (χ0n) is 4.82. The Hall–Kier alpha value is 0.180. The summed E-state index contributed by atoms with van der Waals surface area (Å²) >= 11 is 3.30. The van der Waals surface area contributed by atoms with Crippen LogP contribution in [0.25, 0.3) is 0 Å². The van der Waals surface area contributed by atoms with Gasteiger partial charge < -0.3 is 5.11 Å². The number of allylic oxidation sites excluding steroid dienone is 1. The minimum absolute atomic E-state index is 0.213. The second-order valence-electron chi connectivity index (χ2n) is 2.18. The molecule has 0 amide bonds. The van der Waals surface area contributed by atoms with Crippen molar-refractivity contribution in [3.63, 3.8) is 0 Å². The molecule has 1 aliphatic rings. The number of rotatable bonds is 0. The van der Waals surface area contributed by atoms with Crippen molar-refractivity contribution in [1.29, 1.82) is 0 Å². The van der Waals surface area contributed by atoms with Crippen LogP contribution >= 0.6 is 15.9 Å².